The fourth-order valence-electron chi connectivity index (χ4n) is 1.32. The minimum Gasteiger partial charge on any atom is -0.270 e. The molecule has 0 N–H and O–H groups in total. The van der Waals surface area contributed by atoms with E-state index < -0.39 is 10.1 Å². The molecule has 0 aliphatic carbocycles. The summed E-state index contributed by atoms with van der Waals surface area (Å²) in [4.78, 5) is 0. The highest BCUT2D eigenvalue weighted by atomic mass is 32.2. The second kappa shape index (κ2) is 5.28. The summed E-state index contributed by atoms with van der Waals surface area (Å²) >= 11 is 0. The molecule has 0 radical (unpaired) electrons. The van der Waals surface area contributed by atoms with Crippen molar-refractivity contribution < 1.29 is 12.6 Å². The van der Waals surface area contributed by atoms with E-state index >= 15 is 0 Å². The predicted molar refractivity (Wildman–Crippen MR) is 60.1 cm³/mol. The van der Waals surface area contributed by atoms with E-state index in [-0.39, 0.29) is 12.5 Å². The summed E-state index contributed by atoms with van der Waals surface area (Å²) in [6, 6.07) is 9.95. The molecule has 1 rings (SSSR count). The molecule has 1 aromatic carbocycles. The molecule has 0 bridgehead atoms. The molecule has 1 atom stereocenters. The van der Waals surface area contributed by atoms with Crippen molar-refractivity contribution in [2.45, 2.75) is 13.3 Å². The van der Waals surface area contributed by atoms with Crippen LogP contribution >= 0.6 is 0 Å². The van der Waals surface area contributed by atoms with Gasteiger partial charge in [-0.25, -0.2) is 0 Å². The Labute approximate surface area is 91.2 Å². The second-order valence-electron chi connectivity index (χ2n) is 3.78. The van der Waals surface area contributed by atoms with Gasteiger partial charge in [-0.2, -0.15) is 8.42 Å². The summed E-state index contributed by atoms with van der Waals surface area (Å²) in [6.45, 7) is 2.21. The highest BCUT2D eigenvalue weighted by Gasteiger charge is 2.08. The second-order valence-corrected chi connectivity index (χ2v) is 5.43. The van der Waals surface area contributed by atoms with E-state index in [1.807, 2.05) is 37.3 Å². The van der Waals surface area contributed by atoms with Gasteiger partial charge in [0.05, 0.1) is 12.9 Å². The fraction of sp³-hybridized carbons (Fsp3) is 0.455. The Balaban J connectivity index is 2.40. The highest BCUT2D eigenvalue weighted by molar-refractivity contribution is 7.85. The third-order valence-corrected chi connectivity index (χ3v) is 2.56. The molecule has 84 valence electrons. The molecule has 15 heavy (non-hydrogen) atoms. The first-order valence-corrected chi connectivity index (χ1v) is 6.67. The zero-order valence-corrected chi connectivity index (χ0v) is 9.83. The van der Waals surface area contributed by atoms with Crippen LogP contribution in [0, 0.1) is 5.92 Å². The number of rotatable bonds is 5. The molecule has 0 heterocycles. The first-order valence-electron chi connectivity index (χ1n) is 4.86. The highest BCUT2D eigenvalue weighted by Crippen LogP contribution is 2.09. The first-order chi connectivity index (χ1) is 6.97. The van der Waals surface area contributed by atoms with Crippen LogP contribution in [0.15, 0.2) is 30.3 Å². The molecule has 0 saturated heterocycles. The first kappa shape index (κ1) is 12.2. The summed E-state index contributed by atoms with van der Waals surface area (Å²) < 4.78 is 26.3. The zero-order valence-electron chi connectivity index (χ0n) is 9.01. The summed E-state index contributed by atoms with van der Waals surface area (Å²) in [5.41, 5.74) is 1.20. The fourth-order valence-corrected chi connectivity index (χ4v) is 1.79. The van der Waals surface area contributed by atoms with Crippen LogP contribution in [0.5, 0.6) is 0 Å². The monoisotopic (exact) mass is 228 g/mol. The topological polar surface area (TPSA) is 43.4 Å². The Bertz CT molecular complexity index is 384. The Kier molecular flexibility index (Phi) is 4.29. The van der Waals surface area contributed by atoms with Gasteiger partial charge in [-0.05, 0) is 17.9 Å². The van der Waals surface area contributed by atoms with Gasteiger partial charge < -0.3 is 0 Å². The Morgan fingerprint density at radius 3 is 2.40 bits per heavy atom. The van der Waals surface area contributed by atoms with Crippen LogP contribution in [0.4, 0.5) is 0 Å². The van der Waals surface area contributed by atoms with E-state index in [1.165, 1.54) is 5.56 Å². The molecule has 0 amide bonds. The number of benzene rings is 1. The van der Waals surface area contributed by atoms with E-state index in [9.17, 15) is 8.42 Å². The van der Waals surface area contributed by atoms with E-state index in [4.69, 9.17) is 4.18 Å². The zero-order chi connectivity index (χ0) is 11.3. The lowest BCUT2D eigenvalue weighted by Crippen LogP contribution is -2.12. The van der Waals surface area contributed by atoms with Crippen LogP contribution in [0.2, 0.25) is 0 Å². The van der Waals surface area contributed by atoms with Gasteiger partial charge in [0, 0.05) is 0 Å². The number of hydrogen-bond donors (Lipinski definition) is 0. The van der Waals surface area contributed by atoms with Crippen LogP contribution in [0.1, 0.15) is 12.5 Å². The van der Waals surface area contributed by atoms with Crippen molar-refractivity contribution in [1.29, 1.82) is 0 Å². The minimum absolute atomic E-state index is 0.196. The molecule has 0 aliphatic rings. The quantitative estimate of drug-likeness (QED) is 0.722. The van der Waals surface area contributed by atoms with Crippen LogP contribution in [0.3, 0.4) is 0 Å². The molecular formula is C11H16O3S. The smallest absolute Gasteiger partial charge is 0.264 e. The molecule has 1 aromatic rings. The third-order valence-electron chi connectivity index (χ3n) is 1.99. The lowest BCUT2D eigenvalue weighted by molar-refractivity contribution is 0.266. The van der Waals surface area contributed by atoms with Crippen LogP contribution in [-0.4, -0.2) is 21.3 Å². The predicted octanol–water partition coefficient (Wildman–Crippen LogP) is 1.84. The van der Waals surface area contributed by atoms with Crippen molar-refractivity contribution in [1.82, 2.24) is 0 Å². The van der Waals surface area contributed by atoms with Gasteiger partial charge in [-0.15, -0.1) is 0 Å². The molecule has 0 unspecified atom stereocenters. The molecule has 3 nitrogen and oxygen atoms in total. The summed E-state index contributed by atoms with van der Waals surface area (Å²) in [7, 11) is -3.31. The number of hydrogen-bond acceptors (Lipinski definition) is 3. The van der Waals surface area contributed by atoms with Crippen molar-refractivity contribution in [3.05, 3.63) is 35.9 Å². The summed E-state index contributed by atoms with van der Waals surface area (Å²) in [5, 5.41) is 0. The summed E-state index contributed by atoms with van der Waals surface area (Å²) in [5.74, 6) is 0.196. The van der Waals surface area contributed by atoms with Crippen molar-refractivity contribution >= 4 is 10.1 Å². The average molecular weight is 228 g/mol. The molecule has 0 aromatic heterocycles. The molecule has 0 aliphatic heterocycles. The molecule has 0 spiro atoms. The van der Waals surface area contributed by atoms with Crippen molar-refractivity contribution in [2.24, 2.45) is 5.92 Å². The Morgan fingerprint density at radius 2 is 1.87 bits per heavy atom. The lowest BCUT2D eigenvalue weighted by atomic mass is 10.0. The SMILES string of the molecule is C[C@H](COS(C)(=O)=O)Cc1ccccc1. The van der Waals surface area contributed by atoms with E-state index in [1.54, 1.807) is 0 Å². The van der Waals surface area contributed by atoms with Crippen LogP contribution in [-0.2, 0) is 20.7 Å². The van der Waals surface area contributed by atoms with Gasteiger partial charge in [0.25, 0.3) is 10.1 Å². The molecule has 0 fully saturated rings. The van der Waals surface area contributed by atoms with Gasteiger partial charge in [0.15, 0.2) is 0 Å². The van der Waals surface area contributed by atoms with Crippen molar-refractivity contribution in [3.8, 4) is 0 Å². The maximum atomic E-state index is 10.8. The van der Waals surface area contributed by atoms with Crippen molar-refractivity contribution in [2.75, 3.05) is 12.9 Å². The van der Waals surface area contributed by atoms with Crippen LogP contribution < -0.4 is 0 Å². The van der Waals surface area contributed by atoms with Gasteiger partial charge in [-0.1, -0.05) is 37.3 Å². The van der Waals surface area contributed by atoms with Gasteiger partial charge in [0.2, 0.25) is 0 Å². The van der Waals surface area contributed by atoms with Gasteiger partial charge in [0.1, 0.15) is 0 Å². The standard InChI is InChI=1S/C11H16O3S/c1-10(9-14-15(2,12)13)8-11-6-4-3-5-7-11/h3-7,10H,8-9H2,1-2H3/t10-/m0/s1. The maximum absolute atomic E-state index is 10.8. The Hall–Kier alpha value is -0.870. The Morgan fingerprint density at radius 1 is 1.27 bits per heavy atom. The molecule has 4 heteroatoms. The average Bonchev–Trinajstić information content (AvgIpc) is 2.15. The third kappa shape index (κ3) is 5.54. The lowest BCUT2D eigenvalue weighted by Gasteiger charge is -2.10. The maximum Gasteiger partial charge on any atom is 0.264 e. The molecule has 0 saturated carbocycles. The van der Waals surface area contributed by atoms with E-state index in [2.05, 4.69) is 0 Å². The van der Waals surface area contributed by atoms with E-state index in [0.717, 1.165) is 12.7 Å². The van der Waals surface area contributed by atoms with Gasteiger partial charge >= 0.3 is 0 Å². The molecular weight excluding hydrogens is 212 g/mol. The van der Waals surface area contributed by atoms with Crippen molar-refractivity contribution in [3.63, 3.8) is 0 Å². The van der Waals surface area contributed by atoms with Gasteiger partial charge in [-0.3, -0.25) is 4.18 Å². The van der Waals surface area contributed by atoms with Crippen LogP contribution in [0.25, 0.3) is 0 Å². The largest absolute Gasteiger partial charge is 0.270 e. The normalized spacial score (nSPS) is 13.7. The summed E-state index contributed by atoms with van der Waals surface area (Å²) in [6.07, 6.45) is 1.90. The minimum atomic E-state index is -3.31. The van der Waals surface area contributed by atoms with E-state index in [0.29, 0.717) is 0 Å².